The smallest absolute Gasteiger partial charge is 0.358 e. The van der Waals surface area contributed by atoms with E-state index in [0.29, 0.717) is 11.1 Å². The number of hydrogen-bond acceptors (Lipinski definition) is 3. The Labute approximate surface area is 112 Å². The van der Waals surface area contributed by atoms with Crippen LogP contribution >= 0.6 is 15.9 Å². The lowest BCUT2D eigenvalue weighted by molar-refractivity contribution is 0.0685. The summed E-state index contributed by atoms with van der Waals surface area (Å²) in [5.41, 5.74) is 0.878. The Balaban J connectivity index is 2.18. The molecule has 1 aromatic carbocycles. The van der Waals surface area contributed by atoms with Crippen LogP contribution in [0.2, 0.25) is 0 Å². The SMILES string of the molecule is O=C(O)c1ncc(Br)cc1OCc1ccccc1. The van der Waals surface area contributed by atoms with E-state index in [1.807, 2.05) is 30.3 Å². The average Bonchev–Trinajstić information content (AvgIpc) is 2.37. The molecule has 0 amide bonds. The van der Waals surface area contributed by atoms with E-state index in [-0.39, 0.29) is 11.4 Å². The molecule has 0 saturated carbocycles. The average molecular weight is 308 g/mol. The molecule has 0 atom stereocenters. The van der Waals surface area contributed by atoms with Crippen LogP contribution < -0.4 is 4.74 Å². The molecule has 1 aromatic heterocycles. The molecule has 1 heterocycles. The maximum Gasteiger partial charge on any atom is 0.358 e. The van der Waals surface area contributed by atoms with Crippen LogP contribution in [0.15, 0.2) is 47.1 Å². The third kappa shape index (κ3) is 3.07. The Morgan fingerprint density at radius 2 is 2.06 bits per heavy atom. The van der Waals surface area contributed by atoms with E-state index < -0.39 is 5.97 Å². The van der Waals surface area contributed by atoms with Crippen molar-refractivity contribution in [3.63, 3.8) is 0 Å². The van der Waals surface area contributed by atoms with Crippen LogP contribution in [0.3, 0.4) is 0 Å². The van der Waals surface area contributed by atoms with Gasteiger partial charge in [-0.3, -0.25) is 0 Å². The standard InChI is InChI=1S/C13H10BrNO3/c14-10-6-11(12(13(16)17)15-7-10)18-8-9-4-2-1-3-5-9/h1-7H,8H2,(H,16,17). The number of halogens is 1. The molecule has 0 aliphatic rings. The molecule has 0 bridgehead atoms. The predicted molar refractivity (Wildman–Crippen MR) is 69.7 cm³/mol. The Morgan fingerprint density at radius 1 is 1.33 bits per heavy atom. The summed E-state index contributed by atoms with van der Waals surface area (Å²) in [7, 11) is 0. The molecule has 1 N–H and O–H groups in total. The van der Waals surface area contributed by atoms with Crippen molar-refractivity contribution in [2.24, 2.45) is 0 Å². The lowest BCUT2D eigenvalue weighted by Crippen LogP contribution is -2.05. The number of rotatable bonds is 4. The molecule has 18 heavy (non-hydrogen) atoms. The largest absolute Gasteiger partial charge is 0.486 e. The first-order valence-corrected chi connectivity index (χ1v) is 6.01. The molecule has 2 aromatic rings. The molecule has 0 unspecified atom stereocenters. The zero-order valence-electron chi connectivity index (χ0n) is 9.34. The first kappa shape index (κ1) is 12.6. The van der Waals surface area contributed by atoms with Crippen LogP contribution in [0.4, 0.5) is 0 Å². The second-order valence-corrected chi connectivity index (χ2v) is 4.50. The molecule has 0 spiro atoms. The summed E-state index contributed by atoms with van der Waals surface area (Å²) in [5, 5.41) is 9.00. The summed E-state index contributed by atoms with van der Waals surface area (Å²) >= 11 is 3.24. The summed E-state index contributed by atoms with van der Waals surface area (Å²) in [6.07, 6.45) is 1.43. The van der Waals surface area contributed by atoms with Gasteiger partial charge >= 0.3 is 5.97 Å². The summed E-state index contributed by atoms with van der Waals surface area (Å²) in [6.45, 7) is 0.305. The number of hydrogen-bond donors (Lipinski definition) is 1. The molecule has 4 nitrogen and oxygen atoms in total. The van der Waals surface area contributed by atoms with Crippen LogP contribution in [0.25, 0.3) is 0 Å². The molecular weight excluding hydrogens is 298 g/mol. The molecule has 0 aliphatic heterocycles. The van der Waals surface area contributed by atoms with Crippen molar-refractivity contribution >= 4 is 21.9 Å². The maximum atomic E-state index is 11.0. The van der Waals surface area contributed by atoms with Crippen molar-refractivity contribution in [2.75, 3.05) is 0 Å². The predicted octanol–water partition coefficient (Wildman–Crippen LogP) is 3.12. The number of carboxylic acid groups (broad SMARTS) is 1. The molecule has 0 saturated heterocycles. The van der Waals surface area contributed by atoms with Gasteiger partial charge in [0.25, 0.3) is 0 Å². The van der Waals surface area contributed by atoms with Crippen LogP contribution in [-0.4, -0.2) is 16.1 Å². The zero-order chi connectivity index (χ0) is 13.0. The molecular formula is C13H10BrNO3. The van der Waals surface area contributed by atoms with Crippen molar-refractivity contribution in [1.29, 1.82) is 0 Å². The first-order chi connectivity index (χ1) is 8.66. The van der Waals surface area contributed by atoms with Crippen molar-refractivity contribution in [3.05, 3.63) is 58.3 Å². The highest BCUT2D eigenvalue weighted by atomic mass is 79.9. The number of aromatic carboxylic acids is 1. The van der Waals surface area contributed by atoms with Gasteiger partial charge in [0.2, 0.25) is 0 Å². The minimum Gasteiger partial charge on any atom is -0.486 e. The van der Waals surface area contributed by atoms with Gasteiger partial charge in [-0.25, -0.2) is 9.78 Å². The zero-order valence-corrected chi connectivity index (χ0v) is 10.9. The van der Waals surface area contributed by atoms with Crippen molar-refractivity contribution in [1.82, 2.24) is 4.98 Å². The quantitative estimate of drug-likeness (QED) is 0.943. The number of nitrogens with zero attached hydrogens (tertiary/aromatic N) is 1. The van der Waals surface area contributed by atoms with Gasteiger partial charge in [0.05, 0.1) is 0 Å². The highest BCUT2D eigenvalue weighted by Gasteiger charge is 2.13. The normalized spacial score (nSPS) is 10.1. The molecule has 2 rings (SSSR count). The molecule has 0 aliphatic carbocycles. The van der Waals surface area contributed by atoms with E-state index in [2.05, 4.69) is 20.9 Å². The third-order valence-electron chi connectivity index (χ3n) is 2.26. The van der Waals surface area contributed by atoms with Gasteiger partial charge in [-0.15, -0.1) is 0 Å². The Kier molecular flexibility index (Phi) is 3.94. The van der Waals surface area contributed by atoms with Crippen molar-refractivity contribution in [3.8, 4) is 5.75 Å². The van der Waals surface area contributed by atoms with E-state index in [1.54, 1.807) is 6.07 Å². The first-order valence-electron chi connectivity index (χ1n) is 5.22. The van der Waals surface area contributed by atoms with Crippen LogP contribution in [-0.2, 0) is 6.61 Å². The summed E-state index contributed by atoms with van der Waals surface area (Å²) in [5.74, 6) is -0.855. The Hall–Kier alpha value is -1.88. The fraction of sp³-hybridized carbons (Fsp3) is 0.0769. The van der Waals surface area contributed by atoms with E-state index in [4.69, 9.17) is 9.84 Å². The second kappa shape index (κ2) is 5.64. The van der Waals surface area contributed by atoms with E-state index in [9.17, 15) is 4.79 Å². The van der Waals surface area contributed by atoms with E-state index in [0.717, 1.165) is 5.56 Å². The Morgan fingerprint density at radius 3 is 2.72 bits per heavy atom. The van der Waals surface area contributed by atoms with Crippen molar-refractivity contribution in [2.45, 2.75) is 6.61 Å². The number of carboxylic acids is 1. The van der Waals surface area contributed by atoms with E-state index in [1.165, 1.54) is 6.20 Å². The molecule has 0 radical (unpaired) electrons. The number of ether oxygens (including phenoxy) is 1. The number of aromatic nitrogens is 1. The van der Waals surface area contributed by atoms with Gasteiger partial charge in [0, 0.05) is 10.7 Å². The lowest BCUT2D eigenvalue weighted by Gasteiger charge is -2.08. The topological polar surface area (TPSA) is 59.4 Å². The molecule has 0 fully saturated rings. The van der Waals surface area contributed by atoms with Crippen LogP contribution in [0, 0.1) is 0 Å². The molecule has 92 valence electrons. The maximum absolute atomic E-state index is 11.0. The fourth-order valence-corrected chi connectivity index (χ4v) is 1.74. The van der Waals surface area contributed by atoms with Gasteiger partial charge in [-0.2, -0.15) is 0 Å². The monoisotopic (exact) mass is 307 g/mol. The van der Waals surface area contributed by atoms with Gasteiger partial charge in [0.15, 0.2) is 11.4 Å². The highest BCUT2D eigenvalue weighted by molar-refractivity contribution is 9.10. The second-order valence-electron chi connectivity index (χ2n) is 3.58. The minimum absolute atomic E-state index is 0.0888. The van der Waals surface area contributed by atoms with Gasteiger partial charge in [-0.05, 0) is 27.6 Å². The van der Waals surface area contributed by atoms with Crippen LogP contribution in [0.1, 0.15) is 16.1 Å². The summed E-state index contributed by atoms with van der Waals surface area (Å²) in [4.78, 5) is 14.8. The van der Waals surface area contributed by atoms with E-state index >= 15 is 0 Å². The van der Waals surface area contributed by atoms with Gasteiger partial charge < -0.3 is 9.84 Å². The van der Waals surface area contributed by atoms with Crippen LogP contribution in [0.5, 0.6) is 5.75 Å². The fourth-order valence-electron chi connectivity index (χ4n) is 1.43. The summed E-state index contributed by atoms with van der Waals surface area (Å²) < 4.78 is 6.17. The number of pyridine rings is 1. The Bertz CT molecular complexity index is 557. The highest BCUT2D eigenvalue weighted by Crippen LogP contribution is 2.22. The summed E-state index contributed by atoms with van der Waals surface area (Å²) in [6, 6.07) is 11.1. The van der Waals surface area contributed by atoms with Crippen molar-refractivity contribution < 1.29 is 14.6 Å². The minimum atomic E-state index is -1.11. The van der Waals surface area contributed by atoms with Gasteiger partial charge in [-0.1, -0.05) is 30.3 Å². The number of carbonyl (C=O) groups is 1. The molecule has 5 heteroatoms. The lowest BCUT2D eigenvalue weighted by atomic mass is 10.2. The third-order valence-corrected chi connectivity index (χ3v) is 2.69. The number of benzene rings is 1. The van der Waals surface area contributed by atoms with Gasteiger partial charge in [0.1, 0.15) is 6.61 Å².